The normalized spacial score (nSPS) is 10.5. The van der Waals surface area contributed by atoms with E-state index in [-0.39, 0.29) is 24.6 Å². The smallest absolute Gasteiger partial charge is 0.267 e. The number of amides is 1. The van der Waals surface area contributed by atoms with Crippen LogP contribution in [0, 0.1) is 6.92 Å². The van der Waals surface area contributed by atoms with Crippen molar-refractivity contribution in [2.75, 3.05) is 0 Å². The number of aryl methyl sites for hydroxylation is 1. The van der Waals surface area contributed by atoms with Gasteiger partial charge in [0.05, 0.1) is 12.2 Å². The van der Waals surface area contributed by atoms with Crippen LogP contribution in [-0.4, -0.2) is 30.9 Å². The van der Waals surface area contributed by atoms with Gasteiger partial charge in [-0.3, -0.25) is 14.6 Å². The van der Waals surface area contributed by atoms with Gasteiger partial charge in [-0.2, -0.15) is 5.10 Å². The lowest BCUT2D eigenvalue weighted by atomic mass is 10.2. The molecule has 0 atom stereocenters. The van der Waals surface area contributed by atoms with Gasteiger partial charge in [-0.25, -0.2) is 4.68 Å². The van der Waals surface area contributed by atoms with Crippen molar-refractivity contribution in [3.63, 3.8) is 0 Å². The van der Waals surface area contributed by atoms with Crippen molar-refractivity contribution in [2.24, 2.45) is 0 Å². The molecule has 0 aliphatic rings. The molecule has 3 aromatic rings. The predicted octanol–water partition coefficient (Wildman–Crippen LogP) is 0.313. The summed E-state index contributed by atoms with van der Waals surface area (Å²) in [4.78, 5) is 27.8. The van der Waals surface area contributed by atoms with Gasteiger partial charge in [0.25, 0.3) is 5.56 Å². The van der Waals surface area contributed by atoms with Crippen LogP contribution in [0.5, 0.6) is 0 Å². The molecule has 0 bridgehead atoms. The Bertz CT molecular complexity index is 903. The summed E-state index contributed by atoms with van der Waals surface area (Å²) in [5, 5.41) is 14.2. The number of nitrogens with zero attached hydrogens (tertiary/aromatic N) is 5. The second-order valence-corrected chi connectivity index (χ2v) is 4.94. The summed E-state index contributed by atoms with van der Waals surface area (Å²) in [6, 6.07) is 6.52. The topological polar surface area (TPSA) is 116 Å². The molecule has 0 saturated carbocycles. The zero-order valence-corrected chi connectivity index (χ0v) is 12.8. The molecule has 0 aliphatic carbocycles. The van der Waals surface area contributed by atoms with Crippen LogP contribution in [0.2, 0.25) is 0 Å². The molecule has 3 aromatic heterocycles. The van der Waals surface area contributed by atoms with Crippen molar-refractivity contribution in [3.8, 4) is 11.3 Å². The zero-order valence-electron chi connectivity index (χ0n) is 12.8. The first-order chi connectivity index (χ1) is 11.6. The fraction of sp³-hybridized carbons (Fsp3) is 0.200. The maximum Gasteiger partial charge on any atom is 0.267 e. The van der Waals surface area contributed by atoms with Crippen molar-refractivity contribution in [1.29, 1.82) is 0 Å². The van der Waals surface area contributed by atoms with E-state index < -0.39 is 0 Å². The fourth-order valence-corrected chi connectivity index (χ4v) is 2.01. The first-order valence-electron chi connectivity index (χ1n) is 7.16. The van der Waals surface area contributed by atoms with E-state index >= 15 is 0 Å². The molecule has 0 unspecified atom stereocenters. The van der Waals surface area contributed by atoms with Gasteiger partial charge < -0.3 is 9.73 Å². The van der Waals surface area contributed by atoms with Crippen molar-refractivity contribution in [3.05, 3.63) is 58.8 Å². The van der Waals surface area contributed by atoms with E-state index in [4.69, 9.17) is 4.42 Å². The molecule has 122 valence electrons. The van der Waals surface area contributed by atoms with Crippen LogP contribution in [0.25, 0.3) is 11.3 Å². The van der Waals surface area contributed by atoms with Crippen molar-refractivity contribution in [2.45, 2.75) is 20.0 Å². The van der Waals surface area contributed by atoms with Gasteiger partial charge in [-0.15, -0.1) is 10.2 Å². The molecule has 9 nitrogen and oxygen atoms in total. The largest absolute Gasteiger partial charge is 0.424 e. The summed E-state index contributed by atoms with van der Waals surface area (Å²) >= 11 is 0. The Morgan fingerprint density at radius 1 is 1.21 bits per heavy atom. The second kappa shape index (κ2) is 6.82. The number of hydrogen-bond donors (Lipinski definition) is 1. The molecular formula is C15H14N6O3. The Morgan fingerprint density at radius 3 is 2.71 bits per heavy atom. The lowest BCUT2D eigenvalue weighted by Gasteiger charge is -2.07. The number of rotatable bonds is 5. The quantitative estimate of drug-likeness (QED) is 0.717. The summed E-state index contributed by atoms with van der Waals surface area (Å²) in [5.74, 6) is 0.334. The molecule has 3 heterocycles. The van der Waals surface area contributed by atoms with Gasteiger partial charge in [0.2, 0.25) is 17.7 Å². The van der Waals surface area contributed by atoms with Crippen LogP contribution < -0.4 is 10.9 Å². The molecular weight excluding hydrogens is 312 g/mol. The molecule has 3 rings (SSSR count). The van der Waals surface area contributed by atoms with Crippen LogP contribution in [0.3, 0.4) is 0 Å². The maximum absolute atomic E-state index is 12.0. The first-order valence-corrected chi connectivity index (χ1v) is 7.16. The average Bonchev–Trinajstić information content (AvgIpc) is 3.01. The van der Waals surface area contributed by atoms with Crippen molar-refractivity contribution in [1.82, 2.24) is 30.3 Å². The Hall–Kier alpha value is -3.36. The second-order valence-electron chi connectivity index (χ2n) is 4.94. The van der Waals surface area contributed by atoms with Crippen LogP contribution in [0.15, 0.2) is 45.9 Å². The highest BCUT2D eigenvalue weighted by molar-refractivity contribution is 5.75. The zero-order chi connectivity index (χ0) is 16.9. The summed E-state index contributed by atoms with van der Waals surface area (Å²) < 4.78 is 6.26. The molecule has 0 fully saturated rings. The van der Waals surface area contributed by atoms with Gasteiger partial charge >= 0.3 is 0 Å². The predicted molar refractivity (Wildman–Crippen MR) is 82.6 cm³/mol. The van der Waals surface area contributed by atoms with E-state index in [1.54, 1.807) is 37.5 Å². The fourth-order valence-electron chi connectivity index (χ4n) is 2.01. The van der Waals surface area contributed by atoms with E-state index in [1.165, 1.54) is 6.07 Å². The third kappa shape index (κ3) is 3.69. The molecule has 0 aromatic carbocycles. The van der Waals surface area contributed by atoms with Crippen LogP contribution in [0.4, 0.5) is 0 Å². The minimum Gasteiger partial charge on any atom is -0.424 e. The number of carbonyl (C=O) groups excluding carboxylic acids is 1. The SMILES string of the molecule is Cc1nnc(CNC(=O)Cn2nc(-c3ccncc3)ccc2=O)o1. The molecule has 1 N–H and O–H groups in total. The summed E-state index contributed by atoms with van der Waals surface area (Å²) in [6.45, 7) is 1.55. The Morgan fingerprint density at radius 2 is 2.00 bits per heavy atom. The van der Waals surface area contributed by atoms with E-state index in [1.807, 2.05) is 0 Å². The number of hydrogen-bond acceptors (Lipinski definition) is 7. The van der Waals surface area contributed by atoms with Crippen LogP contribution in [0.1, 0.15) is 11.8 Å². The maximum atomic E-state index is 12.0. The molecule has 1 amide bonds. The summed E-state index contributed by atoms with van der Waals surface area (Å²) in [6.07, 6.45) is 3.26. The van der Waals surface area contributed by atoms with E-state index in [0.717, 1.165) is 10.2 Å². The molecule has 0 aliphatic heterocycles. The van der Waals surface area contributed by atoms with Crippen LogP contribution in [-0.2, 0) is 17.9 Å². The van der Waals surface area contributed by atoms with E-state index in [2.05, 4.69) is 25.6 Å². The Kier molecular flexibility index (Phi) is 4.41. The molecule has 0 spiro atoms. The molecule has 9 heteroatoms. The highest BCUT2D eigenvalue weighted by Crippen LogP contribution is 2.12. The number of aromatic nitrogens is 5. The third-order valence-corrected chi connectivity index (χ3v) is 3.14. The van der Waals surface area contributed by atoms with Crippen LogP contribution >= 0.6 is 0 Å². The van der Waals surface area contributed by atoms with Gasteiger partial charge in [0, 0.05) is 30.9 Å². The van der Waals surface area contributed by atoms with E-state index in [0.29, 0.717) is 17.5 Å². The van der Waals surface area contributed by atoms with Crippen molar-refractivity contribution >= 4 is 5.91 Å². The number of carbonyl (C=O) groups is 1. The van der Waals surface area contributed by atoms with Gasteiger partial charge in [0.15, 0.2) is 0 Å². The van der Waals surface area contributed by atoms with Gasteiger partial charge in [-0.05, 0) is 18.2 Å². The standard InChI is InChI=1S/C15H14N6O3/c1-10-18-19-14(24-10)8-17-13(22)9-21-15(23)3-2-12(20-21)11-4-6-16-7-5-11/h2-7H,8-9H2,1H3,(H,17,22). The average molecular weight is 326 g/mol. The monoisotopic (exact) mass is 326 g/mol. The number of nitrogens with one attached hydrogen (secondary N) is 1. The minimum absolute atomic E-state index is 0.0957. The molecule has 0 saturated heterocycles. The van der Waals surface area contributed by atoms with Gasteiger partial charge in [-0.1, -0.05) is 0 Å². The number of pyridine rings is 1. The minimum atomic E-state index is -0.382. The summed E-state index contributed by atoms with van der Waals surface area (Å²) in [7, 11) is 0. The molecule has 0 radical (unpaired) electrons. The lowest BCUT2D eigenvalue weighted by Crippen LogP contribution is -2.33. The van der Waals surface area contributed by atoms with E-state index in [9.17, 15) is 9.59 Å². The Labute approximate surface area is 136 Å². The highest BCUT2D eigenvalue weighted by atomic mass is 16.4. The summed E-state index contributed by atoms with van der Waals surface area (Å²) in [5.41, 5.74) is 1.02. The Balaban J connectivity index is 1.70. The highest BCUT2D eigenvalue weighted by Gasteiger charge is 2.09. The first kappa shape index (κ1) is 15.5. The van der Waals surface area contributed by atoms with Gasteiger partial charge in [0.1, 0.15) is 6.54 Å². The lowest BCUT2D eigenvalue weighted by molar-refractivity contribution is -0.122. The third-order valence-electron chi connectivity index (χ3n) is 3.14. The molecule has 24 heavy (non-hydrogen) atoms. The van der Waals surface area contributed by atoms with Crippen molar-refractivity contribution < 1.29 is 9.21 Å².